The molecule has 3 nitrogen and oxygen atoms in total. The van der Waals surface area contributed by atoms with Crippen LogP contribution in [0.1, 0.15) is 37.9 Å². The molecule has 4 bridgehead atoms. The smallest absolute Gasteiger partial charge is 0.164 e. The van der Waals surface area contributed by atoms with Crippen LogP contribution < -0.4 is 0 Å². The first-order valence-corrected chi connectivity index (χ1v) is 8.24. The zero-order valence-electron chi connectivity index (χ0n) is 12.5. The molecule has 0 N–H and O–H groups in total. The molecule has 2 atom stereocenters. The third-order valence-electron chi connectivity index (χ3n) is 6.25. The fourth-order valence-corrected chi connectivity index (χ4v) is 5.79. The van der Waals surface area contributed by atoms with E-state index in [-0.39, 0.29) is 0 Å². The predicted molar refractivity (Wildman–Crippen MR) is 81.7 cm³/mol. The summed E-state index contributed by atoms with van der Waals surface area (Å²) in [7, 11) is 0. The highest BCUT2D eigenvalue weighted by Crippen LogP contribution is 2.64. The van der Waals surface area contributed by atoms with E-state index >= 15 is 0 Å². The van der Waals surface area contributed by atoms with Gasteiger partial charge in [-0.3, -0.25) is 0 Å². The van der Waals surface area contributed by atoms with Crippen LogP contribution in [0, 0.1) is 24.7 Å². The van der Waals surface area contributed by atoms with Crippen molar-refractivity contribution in [3.05, 3.63) is 36.2 Å². The zero-order chi connectivity index (χ0) is 14.0. The normalized spacial score (nSPS) is 36.5. The Morgan fingerprint density at radius 3 is 2.43 bits per heavy atom. The minimum Gasteiger partial charge on any atom is -0.305 e. The second-order valence-corrected chi connectivity index (χ2v) is 7.42. The van der Waals surface area contributed by atoms with Gasteiger partial charge >= 0.3 is 0 Å². The van der Waals surface area contributed by atoms with Gasteiger partial charge in [0.05, 0.1) is 5.54 Å². The largest absolute Gasteiger partial charge is 0.305 e. The van der Waals surface area contributed by atoms with Gasteiger partial charge in [0.25, 0.3) is 0 Å². The Morgan fingerprint density at radius 2 is 1.71 bits per heavy atom. The van der Waals surface area contributed by atoms with Gasteiger partial charge in [0, 0.05) is 5.56 Å². The van der Waals surface area contributed by atoms with E-state index in [0.717, 1.165) is 29.4 Å². The average molecular weight is 279 g/mol. The second-order valence-electron chi connectivity index (χ2n) is 7.42. The predicted octanol–water partition coefficient (Wildman–Crippen LogP) is 3.79. The molecule has 21 heavy (non-hydrogen) atoms. The molecule has 0 radical (unpaired) electrons. The summed E-state index contributed by atoms with van der Waals surface area (Å²) in [5, 5.41) is 8.98. The number of hydrogen-bond donors (Lipinski definition) is 0. The Hall–Kier alpha value is -1.64. The van der Waals surface area contributed by atoms with Crippen LogP contribution in [-0.4, -0.2) is 14.8 Å². The fourth-order valence-electron chi connectivity index (χ4n) is 5.79. The van der Waals surface area contributed by atoms with Gasteiger partial charge in [-0.15, -0.1) is 10.2 Å². The van der Waals surface area contributed by atoms with Gasteiger partial charge in [-0.2, -0.15) is 0 Å². The summed E-state index contributed by atoms with van der Waals surface area (Å²) in [5.41, 5.74) is 1.53. The van der Waals surface area contributed by atoms with Crippen LogP contribution >= 0.6 is 0 Å². The van der Waals surface area contributed by atoms with Crippen LogP contribution in [-0.2, 0) is 5.54 Å². The first-order valence-electron chi connectivity index (χ1n) is 8.24. The van der Waals surface area contributed by atoms with E-state index < -0.39 is 0 Å². The number of nitrogens with zero attached hydrogens (tertiary/aromatic N) is 3. The molecule has 1 aromatic carbocycles. The van der Waals surface area contributed by atoms with E-state index in [2.05, 4.69) is 52.0 Å². The van der Waals surface area contributed by atoms with Crippen molar-refractivity contribution in [2.75, 3.05) is 0 Å². The summed E-state index contributed by atoms with van der Waals surface area (Å²) < 4.78 is 2.52. The Bertz CT molecular complexity index is 674. The van der Waals surface area contributed by atoms with Gasteiger partial charge in [0.2, 0.25) is 0 Å². The van der Waals surface area contributed by atoms with Crippen LogP contribution in [0.5, 0.6) is 0 Å². The molecular weight excluding hydrogens is 258 g/mol. The number of aryl methyl sites for hydroxylation is 1. The van der Waals surface area contributed by atoms with Gasteiger partial charge in [-0.25, -0.2) is 0 Å². The van der Waals surface area contributed by atoms with Crippen LogP contribution in [0.25, 0.3) is 11.4 Å². The number of rotatable bonds is 2. The highest BCUT2D eigenvalue weighted by Gasteiger charge is 2.59. The summed E-state index contributed by atoms with van der Waals surface area (Å²) in [5.74, 6) is 4.95. The third kappa shape index (κ3) is 1.49. The second kappa shape index (κ2) is 3.96. The number of benzene rings is 1. The van der Waals surface area contributed by atoms with Gasteiger partial charge in [0.1, 0.15) is 5.82 Å². The van der Waals surface area contributed by atoms with Crippen molar-refractivity contribution in [2.45, 2.75) is 44.6 Å². The molecule has 0 saturated heterocycles. The molecule has 1 heterocycles. The lowest BCUT2D eigenvalue weighted by atomic mass is 9.80. The summed E-state index contributed by atoms with van der Waals surface area (Å²) in [6.45, 7) is 2.13. The molecule has 4 saturated carbocycles. The lowest BCUT2D eigenvalue weighted by molar-refractivity contribution is 0.202. The number of aromatic nitrogens is 3. The Balaban J connectivity index is 1.69. The summed E-state index contributed by atoms with van der Waals surface area (Å²) in [4.78, 5) is 0. The standard InChI is InChI=1S/C18H21N3/c1-12-19-20-17(15-5-3-2-4-6-15)21(12)18-10-13-7-14(11-18)9-16(18)8-13/h2-6,13-14,16H,7-11H2,1H3. The molecule has 2 unspecified atom stereocenters. The summed E-state index contributed by atoms with van der Waals surface area (Å²) in [6, 6.07) is 10.6. The molecule has 3 heteroatoms. The van der Waals surface area contributed by atoms with Crippen molar-refractivity contribution in [1.82, 2.24) is 14.8 Å². The molecule has 0 aliphatic heterocycles. The third-order valence-corrected chi connectivity index (χ3v) is 6.25. The topological polar surface area (TPSA) is 30.7 Å². The molecule has 0 amide bonds. The van der Waals surface area contributed by atoms with Crippen molar-refractivity contribution in [3.63, 3.8) is 0 Å². The number of hydrogen-bond acceptors (Lipinski definition) is 2. The van der Waals surface area contributed by atoms with Crippen LogP contribution in [0.3, 0.4) is 0 Å². The maximum atomic E-state index is 4.54. The zero-order valence-corrected chi connectivity index (χ0v) is 12.5. The van der Waals surface area contributed by atoms with Gasteiger partial charge in [-0.1, -0.05) is 30.3 Å². The Kier molecular flexibility index (Phi) is 2.26. The molecule has 0 spiro atoms. The molecule has 1 aromatic heterocycles. The van der Waals surface area contributed by atoms with E-state index in [1.165, 1.54) is 37.7 Å². The molecule has 2 aromatic rings. The van der Waals surface area contributed by atoms with E-state index in [0.29, 0.717) is 5.54 Å². The fraction of sp³-hybridized carbons (Fsp3) is 0.556. The van der Waals surface area contributed by atoms with E-state index in [1.54, 1.807) is 0 Å². The SMILES string of the molecule is Cc1nnc(-c2ccccc2)n1C12CC3CC(CC1C3)C2. The average Bonchev–Trinajstić information content (AvgIpc) is 3.07. The van der Waals surface area contributed by atoms with E-state index in [4.69, 9.17) is 0 Å². The first-order chi connectivity index (χ1) is 10.3. The Labute approximate surface area is 125 Å². The first kappa shape index (κ1) is 12.0. The van der Waals surface area contributed by atoms with Crippen LogP contribution in [0.4, 0.5) is 0 Å². The Morgan fingerprint density at radius 1 is 1.00 bits per heavy atom. The minimum atomic E-state index is 0.326. The monoisotopic (exact) mass is 279 g/mol. The lowest BCUT2D eigenvalue weighted by Gasteiger charge is -2.36. The van der Waals surface area contributed by atoms with Gasteiger partial charge < -0.3 is 4.57 Å². The molecule has 4 fully saturated rings. The molecule has 6 rings (SSSR count). The van der Waals surface area contributed by atoms with E-state index in [9.17, 15) is 0 Å². The lowest BCUT2D eigenvalue weighted by Crippen LogP contribution is -2.36. The maximum Gasteiger partial charge on any atom is 0.164 e. The van der Waals surface area contributed by atoms with Crippen molar-refractivity contribution in [2.24, 2.45) is 17.8 Å². The molecule has 4 aliphatic carbocycles. The highest BCUT2D eigenvalue weighted by molar-refractivity contribution is 5.55. The van der Waals surface area contributed by atoms with Crippen molar-refractivity contribution in [3.8, 4) is 11.4 Å². The quantitative estimate of drug-likeness (QED) is 0.837. The van der Waals surface area contributed by atoms with Crippen molar-refractivity contribution >= 4 is 0 Å². The van der Waals surface area contributed by atoms with Crippen LogP contribution in [0.2, 0.25) is 0 Å². The van der Waals surface area contributed by atoms with Crippen molar-refractivity contribution < 1.29 is 0 Å². The molecule has 108 valence electrons. The minimum absolute atomic E-state index is 0.326. The van der Waals surface area contributed by atoms with Crippen LogP contribution in [0.15, 0.2) is 30.3 Å². The summed E-state index contributed by atoms with van der Waals surface area (Å²) in [6.07, 6.45) is 7.05. The van der Waals surface area contributed by atoms with Crippen molar-refractivity contribution in [1.29, 1.82) is 0 Å². The molecule has 4 aliphatic rings. The highest BCUT2D eigenvalue weighted by atomic mass is 15.3. The maximum absolute atomic E-state index is 4.54. The van der Waals surface area contributed by atoms with E-state index in [1.807, 2.05) is 0 Å². The van der Waals surface area contributed by atoms with Gasteiger partial charge in [-0.05, 0) is 56.8 Å². The summed E-state index contributed by atoms with van der Waals surface area (Å²) >= 11 is 0. The van der Waals surface area contributed by atoms with Gasteiger partial charge in [0.15, 0.2) is 5.82 Å². The molecular formula is C18H21N3.